The summed E-state index contributed by atoms with van der Waals surface area (Å²) in [7, 11) is 0. The summed E-state index contributed by atoms with van der Waals surface area (Å²) in [5.74, 6) is 1.04. The average molecular weight is 348 g/mol. The molecule has 0 spiro atoms. The molecule has 138 valence electrons. The van der Waals surface area contributed by atoms with Gasteiger partial charge in [0.2, 0.25) is 5.91 Å². The Hall–Kier alpha value is -1.59. The zero-order valence-corrected chi connectivity index (χ0v) is 14.7. The summed E-state index contributed by atoms with van der Waals surface area (Å²) in [5.41, 5.74) is 5.07. The Kier molecular flexibility index (Phi) is 4.24. The summed E-state index contributed by atoms with van der Waals surface area (Å²) >= 11 is 0. The second-order valence-corrected chi connectivity index (χ2v) is 8.78. The molecule has 2 amide bonds. The van der Waals surface area contributed by atoms with Crippen molar-refractivity contribution in [3.8, 4) is 0 Å². The predicted molar refractivity (Wildman–Crippen MR) is 90.1 cm³/mol. The van der Waals surface area contributed by atoms with Crippen molar-refractivity contribution in [3.05, 3.63) is 0 Å². The fourth-order valence-electron chi connectivity index (χ4n) is 6.25. The molecule has 6 heteroatoms. The van der Waals surface area contributed by atoms with Gasteiger partial charge in [0.1, 0.15) is 6.04 Å². The molecule has 1 aliphatic heterocycles. The third-order valence-electron chi connectivity index (χ3n) is 6.95. The molecule has 0 radical (unpaired) electrons. The molecular weight excluding hydrogens is 320 g/mol. The summed E-state index contributed by atoms with van der Waals surface area (Å²) < 4.78 is 5.49. The second-order valence-electron chi connectivity index (χ2n) is 8.78. The molecule has 1 atom stereocenters. The van der Waals surface area contributed by atoms with Crippen LogP contribution in [0.15, 0.2) is 0 Å². The van der Waals surface area contributed by atoms with E-state index in [-0.39, 0.29) is 23.9 Å². The number of nitrogens with zero attached hydrogens (tertiary/aromatic N) is 1. The van der Waals surface area contributed by atoms with Crippen LogP contribution < -0.4 is 5.73 Å². The quantitative estimate of drug-likeness (QED) is 0.782. The standard InChI is InChI=1S/C19H28N2O4/c20-17(23)15-3-1-2-4-21(15)16(22)11-25-18(24)19-8-12-5-13(9-19)7-14(6-12)10-19/h12-15H,1-11H2,(H2,20,23)/t12?,13?,14?,15-,19?/m0/s1. The number of hydrogen-bond acceptors (Lipinski definition) is 4. The number of ether oxygens (including phenoxy) is 1. The van der Waals surface area contributed by atoms with Crippen molar-refractivity contribution < 1.29 is 19.1 Å². The summed E-state index contributed by atoms with van der Waals surface area (Å²) in [6.07, 6.45) is 8.93. The number of amides is 2. The molecule has 0 aromatic heterocycles. The SMILES string of the molecule is NC(=O)[C@@H]1CCCCN1C(=O)COC(=O)C12CC3CC(CC(C3)C1)C2. The van der Waals surface area contributed by atoms with Crippen LogP contribution in [0.5, 0.6) is 0 Å². The van der Waals surface area contributed by atoms with E-state index in [0.717, 1.165) is 32.1 Å². The number of primary amides is 1. The largest absolute Gasteiger partial charge is 0.455 e. The number of carbonyl (C=O) groups excluding carboxylic acids is 3. The third-order valence-corrected chi connectivity index (χ3v) is 6.95. The third kappa shape index (κ3) is 3.04. The highest BCUT2D eigenvalue weighted by atomic mass is 16.5. The Labute approximate surface area is 148 Å². The zero-order valence-electron chi connectivity index (χ0n) is 14.7. The number of likely N-dealkylation sites (tertiary alicyclic amines) is 1. The topological polar surface area (TPSA) is 89.7 Å². The van der Waals surface area contributed by atoms with E-state index >= 15 is 0 Å². The Morgan fingerprint density at radius 2 is 1.60 bits per heavy atom. The van der Waals surface area contributed by atoms with Crippen LogP contribution in [0.1, 0.15) is 57.8 Å². The highest BCUT2D eigenvalue weighted by molar-refractivity contribution is 5.88. The van der Waals surface area contributed by atoms with Crippen LogP contribution in [0.3, 0.4) is 0 Å². The van der Waals surface area contributed by atoms with Gasteiger partial charge in [-0.05, 0) is 75.5 Å². The Balaban J connectivity index is 1.37. The highest BCUT2D eigenvalue weighted by Gasteiger charge is 2.55. The lowest BCUT2D eigenvalue weighted by molar-refractivity contribution is -0.175. The first kappa shape index (κ1) is 16.9. The number of nitrogens with two attached hydrogens (primary N) is 1. The van der Waals surface area contributed by atoms with Gasteiger partial charge in [0.25, 0.3) is 5.91 Å². The molecule has 4 aliphatic carbocycles. The van der Waals surface area contributed by atoms with Gasteiger partial charge in [-0.15, -0.1) is 0 Å². The molecule has 4 saturated carbocycles. The lowest BCUT2D eigenvalue weighted by Crippen LogP contribution is -2.53. The predicted octanol–water partition coefficient (Wildman–Crippen LogP) is 1.61. The summed E-state index contributed by atoms with van der Waals surface area (Å²) in [6.45, 7) is 0.256. The van der Waals surface area contributed by atoms with Crippen molar-refractivity contribution in [3.63, 3.8) is 0 Å². The van der Waals surface area contributed by atoms with Gasteiger partial charge in [0, 0.05) is 6.54 Å². The smallest absolute Gasteiger partial charge is 0.312 e. The monoisotopic (exact) mass is 348 g/mol. The van der Waals surface area contributed by atoms with Crippen molar-refractivity contribution in [1.82, 2.24) is 4.90 Å². The minimum absolute atomic E-state index is 0.187. The van der Waals surface area contributed by atoms with E-state index in [2.05, 4.69) is 0 Å². The molecule has 0 aromatic rings. The minimum atomic E-state index is -0.556. The Bertz CT molecular complexity index is 553. The van der Waals surface area contributed by atoms with Crippen molar-refractivity contribution in [2.75, 3.05) is 13.2 Å². The summed E-state index contributed by atoms with van der Waals surface area (Å²) in [5, 5.41) is 0. The molecule has 5 rings (SSSR count). The molecule has 5 fully saturated rings. The number of esters is 1. The van der Waals surface area contributed by atoms with Gasteiger partial charge in [-0.2, -0.15) is 0 Å². The van der Waals surface area contributed by atoms with Gasteiger partial charge >= 0.3 is 5.97 Å². The first-order valence-electron chi connectivity index (χ1n) is 9.73. The molecule has 1 heterocycles. The molecule has 25 heavy (non-hydrogen) atoms. The molecule has 1 saturated heterocycles. The minimum Gasteiger partial charge on any atom is -0.455 e. The maximum Gasteiger partial charge on any atom is 0.312 e. The zero-order chi connectivity index (χ0) is 17.6. The molecular formula is C19H28N2O4. The number of hydrogen-bond donors (Lipinski definition) is 1. The van der Waals surface area contributed by atoms with Gasteiger partial charge < -0.3 is 15.4 Å². The maximum absolute atomic E-state index is 12.8. The number of rotatable bonds is 4. The van der Waals surface area contributed by atoms with Crippen LogP contribution >= 0.6 is 0 Å². The Morgan fingerprint density at radius 1 is 1.00 bits per heavy atom. The fraction of sp³-hybridized carbons (Fsp3) is 0.842. The molecule has 5 aliphatic rings. The van der Waals surface area contributed by atoms with Crippen LogP contribution in [0.4, 0.5) is 0 Å². The van der Waals surface area contributed by atoms with Crippen molar-refractivity contribution in [1.29, 1.82) is 0 Å². The van der Waals surface area contributed by atoms with E-state index in [1.807, 2.05) is 0 Å². The van der Waals surface area contributed by atoms with Gasteiger partial charge in [-0.1, -0.05) is 0 Å². The molecule has 6 nitrogen and oxygen atoms in total. The summed E-state index contributed by atoms with van der Waals surface area (Å²) in [4.78, 5) is 38.4. The fourth-order valence-corrected chi connectivity index (χ4v) is 6.25. The van der Waals surface area contributed by atoms with Gasteiger partial charge in [0.05, 0.1) is 5.41 Å². The molecule has 4 bridgehead atoms. The van der Waals surface area contributed by atoms with E-state index in [1.54, 1.807) is 0 Å². The van der Waals surface area contributed by atoms with Gasteiger partial charge in [-0.25, -0.2) is 0 Å². The van der Waals surface area contributed by atoms with Crippen LogP contribution in [-0.2, 0) is 19.1 Å². The van der Waals surface area contributed by atoms with Crippen molar-refractivity contribution in [2.24, 2.45) is 28.9 Å². The molecule has 0 aromatic carbocycles. The number of carbonyl (C=O) groups is 3. The normalized spacial score (nSPS) is 39.3. The van der Waals surface area contributed by atoms with Crippen molar-refractivity contribution in [2.45, 2.75) is 63.8 Å². The van der Waals surface area contributed by atoms with Gasteiger partial charge in [-0.3, -0.25) is 14.4 Å². The molecule has 0 unspecified atom stereocenters. The average Bonchev–Trinajstić information content (AvgIpc) is 2.58. The van der Waals surface area contributed by atoms with E-state index in [9.17, 15) is 14.4 Å². The van der Waals surface area contributed by atoms with Crippen LogP contribution in [0.2, 0.25) is 0 Å². The first-order valence-corrected chi connectivity index (χ1v) is 9.73. The second kappa shape index (κ2) is 6.29. The molecule has 2 N–H and O–H groups in total. The van der Waals surface area contributed by atoms with Gasteiger partial charge in [0.15, 0.2) is 6.61 Å². The van der Waals surface area contributed by atoms with E-state index in [0.29, 0.717) is 30.7 Å². The van der Waals surface area contributed by atoms with Crippen molar-refractivity contribution >= 4 is 17.8 Å². The van der Waals surface area contributed by atoms with Crippen LogP contribution in [0.25, 0.3) is 0 Å². The first-order chi connectivity index (χ1) is 12.0. The highest BCUT2D eigenvalue weighted by Crippen LogP contribution is 2.60. The van der Waals surface area contributed by atoms with E-state index in [4.69, 9.17) is 10.5 Å². The van der Waals surface area contributed by atoms with E-state index < -0.39 is 11.9 Å². The maximum atomic E-state index is 12.8. The Morgan fingerprint density at radius 3 is 2.16 bits per heavy atom. The van der Waals surface area contributed by atoms with Crippen LogP contribution in [-0.4, -0.2) is 41.9 Å². The van der Waals surface area contributed by atoms with E-state index in [1.165, 1.54) is 24.2 Å². The lowest BCUT2D eigenvalue weighted by Gasteiger charge is -2.55. The lowest BCUT2D eigenvalue weighted by atomic mass is 9.49. The summed E-state index contributed by atoms with van der Waals surface area (Å²) in [6, 6.07) is -0.556. The van der Waals surface area contributed by atoms with Crippen LogP contribution in [0, 0.1) is 23.2 Å². The number of piperidine rings is 1.